The SMILES string of the molecule is Cc1[nH]nc(NC(=O)c2ccc(N)cc2F)c1C. The highest BCUT2D eigenvalue weighted by atomic mass is 19.1. The van der Waals surface area contributed by atoms with E-state index in [0.29, 0.717) is 5.82 Å². The Kier molecular flexibility index (Phi) is 3.01. The number of H-pyrrole nitrogens is 1. The van der Waals surface area contributed by atoms with Gasteiger partial charge in [0, 0.05) is 16.9 Å². The average molecular weight is 248 g/mol. The Morgan fingerprint density at radius 1 is 1.44 bits per heavy atom. The van der Waals surface area contributed by atoms with Gasteiger partial charge in [-0.05, 0) is 32.0 Å². The average Bonchev–Trinajstić information content (AvgIpc) is 2.61. The van der Waals surface area contributed by atoms with E-state index in [9.17, 15) is 9.18 Å². The van der Waals surface area contributed by atoms with Crippen molar-refractivity contribution in [3.63, 3.8) is 0 Å². The van der Waals surface area contributed by atoms with Gasteiger partial charge in [0.05, 0.1) is 5.56 Å². The zero-order chi connectivity index (χ0) is 13.3. The van der Waals surface area contributed by atoms with Gasteiger partial charge in [-0.2, -0.15) is 5.10 Å². The molecule has 6 heteroatoms. The van der Waals surface area contributed by atoms with E-state index in [1.54, 1.807) is 0 Å². The second-order valence-electron chi connectivity index (χ2n) is 4.02. The summed E-state index contributed by atoms with van der Waals surface area (Å²) in [5.41, 5.74) is 7.30. The zero-order valence-electron chi connectivity index (χ0n) is 10.0. The number of aryl methyl sites for hydroxylation is 1. The summed E-state index contributed by atoms with van der Waals surface area (Å²) in [6, 6.07) is 3.92. The minimum atomic E-state index is -0.655. The monoisotopic (exact) mass is 248 g/mol. The summed E-state index contributed by atoms with van der Waals surface area (Å²) in [6.07, 6.45) is 0. The lowest BCUT2D eigenvalue weighted by molar-refractivity contribution is 0.102. The van der Waals surface area contributed by atoms with Crippen molar-refractivity contribution in [2.24, 2.45) is 0 Å². The normalized spacial score (nSPS) is 10.4. The number of amides is 1. The van der Waals surface area contributed by atoms with E-state index < -0.39 is 11.7 Å². The first-order chi connectivity index (χ1) is 8.49. The topological polar surface area (TPSA) is 83.8 Å². The van der Waals surface area contributed by atoms with Gasteiger partial charge >= 0.3 is 0 Å². The quantitative estimate of drug-likeness (QED) is 0.711. The minimum Gasteiger partial charge on any atom is -0.399 e. The molecule has 4 N–H and O–H groups in total. The van der Waals surface area contributed by atoms with Gasteiger partial charge in [0.2, 0.25) is 0 Å². The van der Waals surface area contributed by atoms with Gasteiger partial charge in [-0.25, -0.2) is 4.39 Å². The van der Waals surface area contributed by atoms with Crippen LogP contribution in [0.4, 0.5) is 15.9 Å². The number of nitrogen functional groups attached to an aromatic ring is 1. The van der Waals surface area contributed by atoms with Crippen LogP contribution in [0.2, 0.25) is 0 Å². The van der Waals surface area contributed by atoms with Gasteiger partial charge in [-0.1, -0.05) is 0 Å². The van der Waals surface area contributed by atoms with Crippen molar-refractivity contribution in [1.82, 2.24) is 10.2 Å². The molecule has 1 aromatic carbocycles. The van der Waals surface area contributed by atoms with Crippen LogP contribution in [0.15, 0.2) is 18.2 Å². The molecule has 0 saturated heterocycles. The van der Waals surface area contributed by atoms with E-state index in [2.05, 4.69) is 15.5 Å². The summed E-state index contributed by atoms with van der Waals surface area (Å²) in [4.78, 5) is 11.9. The van der Waals surface area contributed by atoms with Gasteiger partial charge in [-0.15, -0.1) is 0 Å². The molecule has 0 atom stereocenters. The molecular weight excluding hydrogens is 235 g/mol. The van der Waals surface area contributed by atoms with E-state index in [1.807, 2.05) is 13.8 Å². The fourth-order valence-electron chi connectivity index (χ4n) is 1.50. The molecule has 0 fully saturated rings. The highest BCUT2D eigenvalue weighted by Gasteiger charge is 2.14. The van der Waals surface area contributed by atoms with Crippen LogP contribution < -0.4 is 11.1 Å². The van der Waals surface area contributed by atoms with Gasteiger partial charge in [0.1, 0.15) is 5.82 Å². The number of hydrogen-bond acceptors (Lipinski definition) is 3. The first-order valence-corrected chi connectivity index (χ1v) is 5.37. The standard InChI is InChI=1S/C12H13FN4O/c1-6-7(2)16-17-11(6)15-12(18)9-4-3-8(14)5-10(9)13/h3-5H,14H2,1-2H3,(H2,15,16,17,18). The molecule has 5 nitrogen and oxygen atoms in total. The third-order valence-electron chi connectivity index (χ3n) is 2.72. The second kappa shape index (κ2) is 4.48. The lowest BCUT2D eigenvalue weighted by Gasteiger charge is -2.05. The van der Waals surface area contributed by atoms with Crippen molar-refractivity contribution < 1.29 is 9.18 Å². The van der Waals surface area contributed by atoms with E-state index in [0.717, 1.165) is 17.3 Å². The van der Waals surface area contributed by atoms with Crippen LogP contribution in [0, 0.1) is 19.7 Å². The molecule has 18 heavy (non-hydrogen) atoms. The lowest BCUT2D eigenvalue weighted by atomic mass is 10.1. The maximum atomic E-state index is 13.5. The van der Waals surface area contributed by atoms with Crippen molar-refractivity contribution in [2.75, 3.05) is 11.1 Å². The Labute approximate surface area is 103 Å². The third-order valence-corrected chi connectivity index (χ3v) is 2.72. The molecule has 1 heterocycles. The largest absolute Gasteiger partial charge is 0.399 e. The molecule has 0 saturated carbocycles. The summed E-state index contributed by atoms with van der Waals surface area (Å²) < 4.78 is 13.5. The van der Waals surface area contributed by atoms with Gasteiger partial charge < -0.3 is 11.1 Å². The summed E-state index contributed by atoms with van der Waals surface area (Å²) in [6.45, 7) is 3.65. The summed E-state index contributed by atoms with van der Waals surface area (Å²) in [5, 5.41) is 9.21. The molecule has 0 aliphatic carbocycles. The Bertz CT molecular complexity index is 606. The maximum absolute atomic E-state index is 13.5. The van der Waals surface area contributed by atoms with Crippen LogP contribution in [0.25, 0.3) is 0 Å². The number of carbonyl (C=O) groups excluding carboxylic acids is 1. The number of anilines is 2. The van der Waals surface area contributed by atoms with E-state index in [1.165, 1.54) is 12.1 Å². The highest BCUT2D eigenvalue weighted by Crippen LogP contribution is 2.17. The maximum Gasteiger partial charge on any atom is 0.259 e. The molecule has 2 rings (SSSR count). The summed E-state index contributed by atoms with van der Waals surface area (Å²) >= 11 is 0. The van der Waals surface area contributed by atoms with Crippen molar-refractivity contribution in [2.45, 2.75) is 13.8 Å². The number of nitrogens with two attached hydrogens (primary N) is 1. The number of nitrogens with one attached hydrogen (secondary N) is 2. The Balaban J connectivity index is 2.25. The Morgan fingerprint density at radius 3 is 2.72 bits per heavy atom. The second-order valence-corrected chi connectivity index (χ2v) is 4.02. The van der Waals surface area contributed by atoms with Crippen molar-refractivity contribution in [3.8, 4) is 0 Å². The fourth-order valence-corrected chi connectivity index (χ4v) is 1.50. The molecule has 0 unspecified atom stereocenters. The molecule has 0 aliphatic rings. The van der Waals surface area contributed by atoms with E-state index in [4.69, 9.17) is 5.73 Å². The molecule has 94 valence electrons. The van der Waals surface area contributed by atoms with Crippen LogP contribution in [0.3, 0.4) is 0 Å². The van der Waals surface area contributed by atoms with Crippen LogP contribution >= 0.6 is 0 Å². The summed E-state index contributed by atoms with van der Waals surface area (Å²) in [7, 11) is 0. The number of aromatic amines is 1. The number of nitrogens with zero attached hydrogens (tertiary/aromatic N) is 1. The molecule has 0 bridgehead atoms. The molecule has 0 aliphatic heterocycles. The lowest BCUT2D eigenvalue weighted by Crippen LogP contribution is -2.14. The number of rotatable bonds is 2. The highest BCUT2D eigenvalue weighted by molar-refractivity contribution is 6.04. The van der Waals surface area contributed by atoms with Gasteiger partial charge in [-0.3, -0.25) is 9.89 Å². The number of benzene rings is 1. The molecule has 0 radical (unpaired) electrons. The van der Waals surface area contributed by atoms with Crippen molar-refractivity contribution in [1.29, 1.82) is 0 Å². The number of carbonyl (C=O) groups is 1. The summed E-state index contributed by atoms with van der Waals surface area (Å²) in [5.74, 6) is -0.812. The zero-order valence-corrected chi connectivity index (χ0v) is 10.0. The molecule has 0 spiro atoms. The predicted octanol–water partition coefficient (Wildman–Crippen LogP) is 2.00. The van der Waals surface area contributed by atoms with Crippen molar-refractivity contribution in [3.05, 3.63) is 40.8 Å². The van der Waals surface area contributed by atoms with Crippen LogP contribution in [0.1, 0.15) is 21.6 Å². The Hall–Kier alpha value is -2.37. The Morgan fingerprint density at radius 2 is 2.17 bits per heavy atom. The molecular formula is C12H13FN4O. The number of halogens is 1. The van der Waals surface area contributed by atoms with Crippen LogP contribution in [-0.4, -0.2) is 16.1 Å². The van der Waals surface area contributed by atoms with Crippen LogP contribution in [0.5, 0.6) is 0 Å². The number of hydrogen-bond donors (Lipinski definition) is 3. The first-order valence-electron chi connectivity index (χ1n) is 5.37. The van der Waals surface area contributed by atoms with E-state index >= 15 is 0 Å². The van der Waals surface area contributed by atoms with Gasteiger partial charge in [0.25, 0.3) is 5.91 Å². The fraction of sp³-hybridized carbons (Fsp3) is 0.167. The molecule has 1 amide bonds. The van der Waals surface area contributed by atoms with Crippen molar-refractivity contribution >= 4 is 17.4 Å². The molecule has 1 aromatic heterocycles. The minimum absolute atomic E-state index is 0.0655. The predicted molar refractivity (Wildman–Crippen MR) is 66.8 cm³/mol. The van der Waals surface area contributed by atoms with E-state index in [-0.39, 0.29) is 11.3 Å². The van der Waals surface area contributed by atoms with Gasteiger partial charge in [0.15, 0.2) is 5.82 Å². The first kappa shape index (κ1) is 12.1. The smallest absolute Gasteiger partial charge is 0.259 e. The van der Waals surface area contributed by atoms with Crippen LogP contribution in [-0.2, 0) is 0 Å². The third kappa shape index (κ3) is 2.17. The number of aromatic nitrogens is 2. The molecule has 2 aromatic rings.